The highest BCUT2D eigenvalue weighted by atomic mass is 32.2. The first-order valence-electron chi connectivity index (χ1n) is 7.53. The molecule has 0 fully saturated rings. The van der Waals surface area contributed by atoms with E-state index in [1.165, 1.54) is 10.2 Å². The molecule has 3 rings (SSSR count). The summed E-state index contributed by atoms with van der Waals surface area (Å²) >= 11 is 0. The van der Waals surface area contributed by atoms with E-state index in [1.807, 2.05) is 6.92 Å². The van der Waals surface area contributed by atoms with E-state index in [0.717, 1.165) is 17.7 Å². The summed E-state index contributed by atoms with van der Waals surface area (Å²) in [5.41, 5.74) is 2.84. The van der Waals surface area contributed by atoms with Gasteiger partial charge in [0.1, 0.15) is 5.52 Å². The van der Waals surface area contributed by atoms with Crippen LogP contribution >= 0.6 is 0 Å². The minimum absolute atomic E-state index is 0.244. The Labute approximate surface area is 136 Å². The normalized spacial score (nSPS) is 12.2. The lowest BCUT2D eigenvalue weighted by molar-refractivity contribution is 0.588. The standard InChI is InChI=1S/C17H19N3O2S/c1-12(2)10-14-11-18-17-16(19-14)8-9-20(17)23(21,22)15-6-4-13(3)5-7-15/h4-9,11-12H,10H2,1-3H3. The van der Waals surface area contributed by atoms with Crippen molar-refractivity contribution in [1.29, 1.82) is 0 Å². The third-order valence-corrected chi connectivity index (χ3v) is 5.28. The lowest BCUT2D eigenvalue weighted by Gasteiger charge is -2.08. The third kappa shape index (κ3) is 2.99. The van der Waals surface area contributed by atoms with Gasteiger partial charge in [-0.05, 0) is 37.5 Å². The average Bonchev–Trinajstić information content (AvgIpc) is 2.91. The zero-order chi connectivity index (χ0) is 16.6. The highest BCUT2D eigenvalue weighted by Gasteiger charge is 2.20. The molecule has 120 valence electrons. The SMILES string of the molecule is Cc1ccc(S(=O)(=O)n2ccc3nc(CC(C)C)cnc32)cc1. The Morgan fingerprint density at radius 3 is 2.48 bits per heavy atom. The first kappa shape index (κ1) is 15.7. The molecule has 0 bridgehead atoms. The van der Waals surface area contributed by atoms with Crippen LogP contribution in [0.3, 0.4) is 0 Å². The van der Waals surface area contributed by atoms with Crippen molar-refractivity contribution in [3.63, 3.8) is 0 Å². The average molecular weight is 329 g/mol. The molecule has 5 nitrogen and oxygen atoms in total. The summed E-state index contributed by atoms with van der Waals surface area (Å²) < 4.78 is 26.7. The molecule has 0 aliphatic heterocycles. The molecule has 0 radical (unpaired) electrons. The van der Waals surface area contributed by atoms with Crippen LogP contribution in [-0.2, 0) is 16.4 Å². The van der Waals surface area contributed by atoms with Crippen LogP contribution in [0.15, 0.2) is 47.6 Å². The Morgan fingerprint density at radius 1 is 1.13 bits per heavy atom. The van der Waals surface area contributed by atoms with Gasteiger partial charge in [-0.25, -0.2) is 22.4 Å². The number of aromatic nitrogens is 3. The zero-order valence-corrected chi connectivity index (χ0v) is 14.2. The number of benzene rings is 1. The van der Waals surface area contributed by atoms with Crippen LogP contribution in [0.4, 0.5) is 0 Å². The van der Waals surface area contributed by atoms with Gasteiger partial charge < -0.3 is 0 Å². The van der Waals surface area contributed by atoms with Crippen LogP contribution in [0.1, 0.15) is 25.1 Å². The lowest BCUT2D eigenvalue weighted by atomic mass is 10.1. The van der Waals surface area contributed by atoms with Crippen molar-refractivity contribution in [2.75, 3.05) is 0 Å². The smallest absolute Gasteiger partial charge is 0.248 e. The van der Waals surface area contributed by atoms with E-state index in [2.05, 4.69) is 23.8 Å². The Kier molecular flexibility index (Phi) is 3.93. The fraction of sp³-hybridized carbons (Fsp3) is 0.294. The topological polar surface area (TPSA) is 64.8 Å². The van der Waals surface area contributed by atoms with Crippen molar-refractivity contribution in [2.24, 2.45) is 5.92 Å². The Bertz CT molecular complexity index is 942. The van der Waals surface area contributed by atoms with Gasteiger partial charge >= 0.3 is 0 Å². The molecule has 0 aliphatic rings. The number of nitrogens with zero attached hydrogens (tertiary/aromatic N) is 3. The number of rotatable bonds is 4. The summed E-state index contributed by atoms with van der Waals surface area (Å²) in [4.78, 5) is 9.08. The van der Waals surface area contributed by atoms with Gasteiger partial charge in [0.15, 0.2) is 5.65 Å². The van der Waals surface area contributed by atoms with Crippen LogP contribution in [-0.4, -0.2) is 22.4 Å². The largest absolute Gasteiger partial charge is 0.269 e. The fourth-order valence-corrected chi connectivity index (χ4v) is 3.76. The maximum absolute atomic E-state index is 12.8. The minimum Gasteiger partial charge on any atom is -0.248 e. The molecular weight excluding hydrogens is 310 g/mol. The van der Waals surface area contributed by atoms with E-state index in [0.29, 0.717) is 17.1 Å². The second kappa shape index (κ2) is 5.77. The molecular formula is C17H19N3O2S. The monoisotopic (exact) mass is 329 g/mol. The van der Waals surface area contributed by atoms with Crippen LogP contribution < -0.4 is 0 Å². The Hall–Kier alpha value is -2.21. The first-order valence-corrected chi connectivity index (χ1v) is 8.97. The van der Waals surface area contributed by atoms with Gasteiger partial charge in [0.2, 0.25) is 0 Å². The van der Waals surface area contributed by atoms with Crippen molar-refractivity contribution >= 4 is 21.2 Å². The third-order valence-electron chi connectivity index (χ3n) is 3.60. The molecule has 23 heavy (non-hydrogen) atoms. The van der Waals surface area contributed by atoms with Gasteiger partial charge in [-0.3, -0.25) is 0 Å². The Balaban J connectivity index is 2.07. The van der Waals surface area contributed by atoms with E-state index in [9.17, 15) is 8.42 Å². The van der Waals surface area contributed by atoms with Crippen molar-refractivity contribution in [3.8, 4) is 0 Å². The second-order valence-electron chi connectivity index (χ2n) is 6.10. The Morgan fingerprint density at radius 2 is 1.83 bits per heavy atom. The summed E-state index contributed by atoms with van der Waals surface area (Å²) in [6.07, 6.45) is 3.99. The predicted molar refractivity (Wildman–Crippen MR) is 89.8 cm³/mol. The maximum atomic E-state index is 12.8. The van der Waals surface area contributed by atoms with Crippen molar-refractivity contribution in [1.82, 2.24) is 13.9 Å². The molecule has 0 aliphatic carbocycles. The highest BCUT2D eigenvalue weighted by Crippen LogP contribution is 2.20. The number of hydrogen-bond donors (Lipinski definition) is 0. The molecule has 0 unspecified atom stereocenters. The van der Waals surface area contributed by atoms with Gasteiger partial charge in [-0.15, -0.1) is 0 Å². The summed E-state index contributed by atoms with van der Waals surface area (Å²) in [7, 11) is -3.66. The van der Waals surface area contributed by atoms with E-state index >= 15 is 0 Å². The van der Waals surface area contributed by atoms with Gasteiger partial charge in [0.25, 0.3) is 10.0 Å². The summed E-state index contributed by atoms with van der Waals surface area (Å²) in [5.74, 6) is 0.472. The fourth-order valence-electron chi connectivity index (χ4n) is 2.46. The van der Waals surface area contributed by atoms with E-state index < -0.39 is 10.0 Å². The maximum Gasteiger partial charge on any atom is 0.269 e. The first-order chi connectivity index (χ1) is 10.9. The van der Waals surface area contributed by atoms with Crippen molar-refractivity contribution in [2.45, 2.75) is 32.1 Å². The molecule has 2 aromatic heterocycles. The second-order valence-corrected chi connectivity index (χ2v) is 7.91. The number of fused-ring (bicyclic) bond motifs is 1. The van der Waals surface area contributed by atoms with E-state index in [1.54, 1.807) is 36.5 Å². The van der Waals surface area contributed by atoms with Crippen molar-refractivity contribution < 1.29 is 8.42 Å². The van der Waals surface area contributed by atoms with Crippen LogP contribution in [0, 0.1) is 12.8 Å². The van der Waals surface area contributed by atoms with Crippen molar-refractivity contribution in [3.05, 3.63) is 54.0 Å². The number of hydrogen-bond acceptors (Lipinski definition) is 4. The van der Waals surface area contributed by atoms with Crippen LogP contribution in [0.25, 0.3) is 11.2 Å². The molecule has 0 amide bonds. The van der Waals surface area contributed by atoms with Gasteiger partial charge in [-0.1, -0.05) is 31.5 Å². The lowest BCUT2D eigenvalue weighted by Crippen LogP contribution is -2.12. The quantitative estimate of drug-likeness (QED) is 0.737. The summed E-state index contributed by atoms with van der Waals surface area (Å²) in [6, 6.07) is 8.47. The molecule has 0 atom stereocenters. The minimum atomic E-state index is -3.66. The summed E-state index contributed by atoms with van der Waals surface area (Å²) in [6.45, 7) is 6.14. The van der Waals surface area contributed by atoms with Gasteiger partial charge in [0.05, 0.1) is 16.8 Å². The van der Waals surface area contributed by atoms with Gasteiger partial charge in [-0.2, -0.15) is 0 Å². The summed E-state index contributed by atoms with van der Waals surface area (Å²) in [5, 5.41) is 0. The molecule has 1 aromatic carbocycles. The zero-order valence-electron chi connectivity index (χ0n) is 13.4. The molecule has 0 N–H and O–H groups in total. The van der Waals surface area contributed by atoms with Crippen LogP contribution in [0.5, 0.6) is 0 Å². The molecule has 6 heteroatoms. The molecule has 0 spiro atoms. The van der Waals surface area contributed by atoms with Crippen LogP contribution in [0.2, 0.25) is 0 Å². The van der Waals surface area contributed by atoms with E-state index in [4.69, 9.17) is 0 Å². The van der Waals surface area contributed by atoms with Gasteiger partial charge in [0, 0.05) is 6.20 Å². The molecule has 0 saturated heterocycles. The number of aryl methyl sites for hydroxylation is 1. The molecule has 3 aromatic rings. The predicted octanol–water partition coefficient (Wildman–Crippen LogP) is 3.18. The van der Waals surface area contributed by atoms with E-state index in [-0.39, 0.29) is 4.90 Å². The molecule has 0 saturated carbocycles. The molecule has 2 heterocycles. The highest BCUT2D eigenvalue weighted by molar-refractivity contribution is 7.90.